The molecule has 0 radical (unpaired) electrons. The molecule has 0 N–H and O–H groups in total. The lowest BCUT2D eigenvalue weighted by atomic mass is 9.85. The maximum atomic E-state index is 6.67. The van der Waals surface area contributed by atoms with Gasteiger partial charge in [-0.1, -0.05) is 84.9 Å². The number of hydrogen-bond acceptors (Lipinski definition) is 2. The predicted molar refractivity (Wildman–Crippen MR) is 103 cm³/mol. The van der Waals surface area contributed by atoms with Gasteiger partial charge in [0, 0.05) is 23.1 Å². The molecule has 1 fully saturated rings. The highest BCUT2D eigenvalue weighted by atomic mass is 16.7. The van der Waals surface area contributed by atoms with E-state index in [-0.39, 0.29) is 0 Å². The van der Waals surface area contributed by atoms with Crippen molar-refractivity contribution >= 4 is 11.3 Å². The Balaban J connectivity index is 1.82. The molecule has 0 unspecified atom stereocenters. The third kappa shape index (κ3) is 2.38. The topological polar surface area (TPSA) is 18.5 Å². The van der Waals surface area contributed by atoms with Gasteiger partial charge in [-0.15, -0.1) is 0 Å². The van der Waals surface area contributed by atoms with Gasteiger partial charge < -0.3 is 9.47 Å². The molecule has 0 saturated carbocycles. The van der Waals surface area contributed by atoms with E-state index in [2.05, 4.69) is 72.8 Å². The van der Waals surface area contributed by atoms with E-state index in [0.29, 0.717) is 0 Å². The summed E-state index contributed by atoms with van der Waals surface area (Å²) in [4.78, 5) is 0. The molecular formula is C24H20O2. The Hall–Kier alpha value is -2.84. The summed E-state index contributed by atoms with van der Waals surface area (Å²) >= 11 is 0. The Bertz CT molecular complexity index is 952. The van der Waals surface area contributed by atoms with E-state index in [1.807, 2.05) is 12.1 Å². The molecule has 0 aromatic heterocycles. The highest BCUT2D eigenvalue weighted by Crippen LogP contribution is 2.50. The Morgan fingerprint density at radius 3 is 2.04 bits per heavy atom. The van der Waals surface area contributed by atoms with Gasteiger partial charge in [0.2, 0.25) is 5.79 Å². The average molecular weight is 340 g/mol. The molecule has 0 amide bonds. The van der Waals surface area contributed by atoms with Crippen molar-refractivity contribution in [1.82, 2.24) is 0 Å². The first kappa shape index (κ1) is 15.4. The van der Waals surface area contributed by atoms with Crippen LogP contribution in [-0.2, 0) is 15.3 Å². The lowest BCUT2D eigenvalue weighted by Crippen LogP contribution is -2.32. The number of rotatable bonds is 2. The smallest absolute Gasteiger partial charge is 0.238 e. The van der Waals surface area contributed by atoms with Crippen LogP contribution < -0.4 is 0 Å². The Morgan fingerprint density at radius 2 is 1.35 bits per heavy atom. The minimum atomic E-state index is -0.667. The summed E-state index contributed by atoms with van der Waals surface area (Å²) in [5.41, 5.74) is 5.71. The summed E-state index contributed by atoms with van der Waals surface area (Å²) in [6.07, 6.45) is 1.89. The molecule has 2 aliphatic rings. The molecule has 128 valence electrons. The van der Waals surface area contributed by atoms with E-state index in [0.717, 1.165) is 47.5 Å². The van der Waals surface area contributed by atoms with Crippen LogP contribution in [-0.4, -0.2) is 6.61 Å². The molecule has 5 rings (SSSR count). The molecule has 0 bridgehead atoms. The van der Waals surface area contributed by atoms with E-state index in [1.165, 1.54) is 5.56 Å². The van der Waals surface area contributed by atoms with Crippen LogP contribution in [0.3, 0.4) is 0 Å². The highest BCUT2D eigenvalue weighted by Gasteiger charge is 2.45. The lowest BCUT2D eigenvalue weighted by Gasteiger charge is -2.38. The van der Waals surface area contributed by atoms with Crippen molar-refractivity contribution < 1.29 is 9.47 Å². The van der Waals surface area contributed by atoms with Crippen LogP contribution in [0.15, 0.2) is 84.9 Å². The van der Waals surface area contributed by atoms with E-state index < -0.39 is 5.79 Å². The van der Waals surface area contributed by atoms with E-state index in [9.17, 15) is 0 Å². The van der Waals surface area contributed by atoms with E-state index >= 15 is 0 Å². The minimum Gasteiger partial charge on any atom is -0.457 e. The summed E-state index contributed by atoms with van der Waals surface area (Å²) in [5, 5.41) is 0. The van der Waals surface area contributed by atoms with Gasteiger partial charge in [0.15, 0.2) is 0 Å². The highest BCUT2D eigenvalue weighted by molar-refractivity contribution is 5.98. The molecule has 3 aromatic carbocycles. The second kappa shape index (κ2) is 6.15. The zero-order valence-corrected chi connectivity index (χ0v) is 14.5. The first-order valence-electron chi connectivity index (χ1n) is 9.15. The SMILES string of the molecule is c1ccc(C2=C(c3ccccc3)c3ccccc3[C@]3(CCCO3)O2)cc1. The molecule has 1 atom stereocenters. The van der Waals surface area contributed by atoms with Crippen molar-refractivity contribution in [2.75, 3.05) is 6.61 Å². The van der Waals surface area contributed by atoms with Crippen molar-refractivity contribution in [3.05, 3.63) is 107 Å². The second-order valence-electron chi connectivity index (χ2n) is 6.79. The van der Waals surface area contributed by atoms with Crippen LogP contribution >= 0.6 is 0 Å². The van der Waals surface area contributed by atoms with Gasteiger partial charge in [-0.3, -0.25) is 0 Å². The fourth-order valence-electron chi connectivity index (χ4n) is 4.02. The fourth-order valence-corrected chi connectivity index (χ4v) is 4.02. The van der Waals surface area contributed by atoms with Crippen LogP contribution in [0.25, 0.3) is 11.3 Å². The zero-order chi connectivity index (χ0) is 17.4. The predicted octanol–water partition coefficient (Wildman–Crippen LogP) is 5.60. The van der Waals surface area contributed by atoms with Crippen molar-refractivity contribution in [2.24, 2.45) is 0 Å². The van der Waals surface area contributed by atoms with Crippen molar-refractivity contribution in [2.45, 2.75) is 18.6 Å². The van der Waals surface area contributed by atoms with E-state index in [1.54, 1.807) is 0 Å². The molecule has 1 saturated heterocycles. The molecule has 3 aromatic rings. The van der Waals surface area contributed by atoms with Gasteiger partial charge in [-0.25, -0.2) is 0 Å². The number of benzene rings is 3. The molecule has 0 aliphatic carbocycles. The Labute approximate surface area is 153 Å². The van der Waals surface area contributed by atoms with E-state index in [4.69, 9.17) is 9.47 Å². The van der Waals surface area contributed by atoms with Crippen molar-refractivity contribution in [1.29, 1.82) is 0 Å². The third-order valence-corrected chi connectivity index (χ3v) is 5.18. The van der Waals surface area contributed by atoms with Crippen LogP contribution in [0.1, 0.15) is 35.1 Å². The Morgan fingerprint density at radius 1 is 0.692 bits per heavy atom. The Kier molecular flexibility index (Phi) is 3.65. The van der Waals surface area contributed by atoms with Gasteiger partial charge in [0.1, 0.15) is 5.76 Å². The quantitative estimate of drug-likeness (QED) is 0.605. The normalized spacial score (nSPS) is 21.5. The van der Waals surface area contributed by atoms with Crippen LogP contribution in [0, 0.1) is 0 Å². The standard InChI is InChI=1S/C24H20O2/c1-3-10-18(11-4-1)22-20-14-7-8-15-21(20)24(16-9-17-25-24)26-23(22)19-12-5-2-6-13-19/h1-8,10-15H,9,16-17H2/t24-/m0/s1. The summed E-state index contributed by atoms with van der Waals surface area (Å²) in [7, 11) is 0. The zero-order valence-electron chi connectivity index (χ0n) is 14.5. The van der Waals surface area contributed by atoms with Gasteiger partial charge in [-0.05, 0) is 17.5 Å². The van der Waals surface area contributed by atoms with Gasteiger partial charge in [0.05, 0.1) is 6.61 Å². The van der Waals surface area contributed by atoms with Crippen molar-refractivity contribution in [3.63, 3.8) is 0 Å². The summed E-state index contributed by atoms with van der Waals surface area (Å²) in [6, 6.07) is 29.3. The lowest BCUT2D eigenvalue weighted by molar-refractivity contribution is -0.177. The molecule has 2 nitrogen and oxygen atoms in total. The molecule has 1 spiro atoms. The average Bonchev–Trinajstić information content (AvgIpc) is 3.18. The second-order valence-corrected chi connectivity index (χ2v) is 6.79. The maximum Gasteiger partial charge on any atom is 0.238 e. The first-order valence-corrected chi connectivity index (χ1v) is 9.15. The number of hydrogen-bond donors (Lipinski definition) is 0. The van der Waals surface area contributed by atoms with Crippen LogP contribution in [0.2, 0.25) is 0 Å². The third-order valence-electron chi connectivity index (χ3n) is 5.18. The fraction of sp³-hybridized carbons (Fsp3) is 0.167. The monoisotopic (exact) mass is 340 g/mol. The van der Waals surface area contributed by atoms with Gasteiger partial charge in [-0.2, -0.15) is 0 Å². The summed E-state index contributed by atoms with van der Waals surface area (Å²) < 4.78 is 12.9. The minimum absolute atomic E-state index is 0.667. The first-order chi connectivity index (χ1) is 12.9. The van der Waals surface area contributed by atoms with Crippen LogP contribution in [0.5, 0.6) is 0 Å². The van der Waals surface area contributed by atoms with Gasteiger partial charge in [0.25, 0.3) is 0 Å². The largest absolute Gasteiger partial charge is 0.457 e. The summed E-state index contributed by atoms with van der Waals surface area (Å²) in [6.45, 7) is 0.733. The van der Waals surface area contributed by atoms with Crippen molar-refractivity contribution in [3.8, 4) is 0 Å². The molecular weight excluding hydrogens is 320 g/mol. The number of fused-ring (bicyclic) bond motifs is 2. The van der Waals surface area contributed by atoms with Crippen LogP contribution in [0.4, 0.5) is 0 Å². The summed E-state index contributed by atoms with van der Waals surface area (Å²) in [5.74, 6) is 0.234. The molecule has 2 heterocycles. The molecule has 2 aliphatic heterocycles. The maximum absolute atomic E-state index is 6.67. The van der Waals surface area contributed by atoms with Gasteiger partial charge >= 0.3 is 0 Å². The number of ether oxygens (including phenoxy) is 2. The molecule has 2 heteroatoms. The molecule has 26 heavy (non-hydrogen) atoms.